The molecule has 0 unspecified atom stereocenters. The number of aromatic nitrogens is 3. The first-order chi connectivity index (χ1) is 15.6. The predicted molar refractivity (Wildman–Crippen MR) is 124 cm³/mol. The van der Waals surface area contributed by atoms with Gasteiger partial charge in [0.1, 0.15) is 27.3 Å². The Labute approximate surface area is 203 Å². The van der Waals surface area contributed by atoms with Gasteiger partial charge < -0.3 is 5.32 Å². The fourth-order valence-corrected chi connectivity index (χ4v) is 5.92. The molecule has 2 aromatic heterocycles. The lowest BCUT2D eigenvalue weighted by Gasteiger charge is -2.15. The fourth-order valence-electron chi connectivity index (χ4n) is 2.71. The number of nitrogens with one attached hydrogen (secondary N) is 2. The second-order valence-corrected chi connectivity index (χ2v) is 10.7. The normalized spacial score (nSPS) is 11.7. The first-order valence-corrected chi connectivity index (χ1v) is 13.0. The standard InChI is InChI=1S/C18H10Cl2F3N5O2S3/c1-31-18-27-15-16(24-6-25-17(15)32-18)26-14-12(22)8(21)5-9(13(14)23)28-33(29,30)10-4-2-3-7(19)11(10)20/h2-6,28H,1H3,(H,24,25,26). The minimum absolute atomic E-state index is 0.0618. The quantitative estimate of drug-likeness (QED) is 0.221. The van der Waals surface area contributed by atoms with Gasteiger partial charge in [0.2, 0.25) is 0 Å². The molecular weight excluding hydrogens is 542 g/mol. The first kappa shape index (κ1) is 23.8. The lowest BCUT2D eigenvalue weighted by Crippen LogP contribution is -2.16. The van der Waals surface area contributed by atoms with Crippen molar-refractivity contribution in [1.29, 1.82) is 0 Å². The van der Waals surface area contributed by atoms with Crippen LogP contribution in [0.5, 0.6) is 0 Å². The van der Waals surface area contributed by atoms with E-state index >= 15 is 4.39 Å². The molecule has 172 valence electrons. The molecule has 7 nitrogen and oxygen atoms in total. The van der Waals surface area contributed by atoms with Crippen molar-refractivity contribution >= 4 is 83.9 Å². The lowest BCUT2D eigenvalue weighted by molar-refractivity contribution is 0.501. The third-order valence-corrected chi connectivity index (χ3v) is 8.49. The number of benzene rings is 2. The Morgan fingerprint density at radius 2 is 1.88 bits per heavy atom. The van der Waals surface area contributed by atoms with Crippen LogP contribution in [0.2, 0.25) is 10.0 Å². The van der Waals surface area contributed by atoms with Crippen LogP contribution in [0.4, 0.5) is 30.4 Å². The molecule has 0 fully saturated rings. The van der Waals surface area contributed by atoms with E-state index in [4.69, 9.17) is 23.2 Å². The van der Waals surface area contributed by atoms with Crippen molar-refractivity contribution in [2.45, 2.75) is 9.24 Å². The molecule has 0 aliphatic heterocycles. The second kappa shape index (κ2) is 9.14. The van der Waals surface area contributed by atoms with Crippen LogP contribution in [0, 0.1) is 17.5 Å². The Bertz CT molecular complexity index is 1500. The molecule has 0 aliphatic rings. The largest absolute Gasteiger partial charge is 0.333 e. The van der Waals surface area contributed by atoms with E-state index in [1.54, 1.807) is 6.26 Å². The summed E-state index contributed by atoms with van der Waals surface area (Å²) >= 11 is 14.3. The number of halogens is 5. The van der Waals surface area contributed by atoms with Crippen LogP contribution < -0.4 is 10.0 Å². The molecule has 0 amide bonds. The SMILES string of the molecule is CSc1nc2c(Nc3c(F)c(F)cc(NS(=O)(=O)c4cccc(Cl)c4Cl)c3F)ncnc2s1. The van der Waals surface area contributed by atoms with E-state index in [1.165, 1.54) is 35.2 Å². The van der Waals surface area contributed by atoms with Gasteiger partial charge in [-0.25, -0.2) is 36.5 Å². The van der Waals surface area contributed by atoms with Crippen LogP contribution in [0.25, 0.3) is 10.3 Å². The Balaban J connectivity index is 1.77. The highest BCUT2D eigenvalue weighted by Crippen LogP contribution is 2.36. The zero-order valence-electron chi connectivity index (χ0n) is 16.2. The molecule has 0 spiro atoms. The second-order valence-electron chi connectivity index (χ2n) is 6.25. The smallest absolute Gasteiger partial charge is 0.263 e. The van der Waals surface area contributed by atoms with Crippen molar-refractivity contribution in [3.05, 3.63) is 58.1 Å². The molecule has 15 heteroatoms. The molecule has 0 atom stereocenters. The summed E-state index contributed by atoms with van der Waals surface area (Å²) in [6.07, 6.45) is 2.93. The molecule has 0 radical (unpaired) electrons. The minimum Gasteiger partial charge on any atom is -0.333 e. The van der Waals surface area contributed by atoms with Gasteiger partial charge in [0.05, 0.1) is 15.7 Å². The average Bonchev–Trinajstić information content (AvgIpc) is 3.21. The van der Waals surface area contributed by atoms with Crippen LogP contribution in [0.1, 0.15) is 0 Å². The zero-order valence-corrected chi connectivity index (χ0v) is 20.1. The third-order valence-electron chi connectivity index (χ3n) is 4.20. The molecule has 0 bridgehead atoms. The third kappa shape index (κ3) is 4.55. The maximum absolute atomic E-state index is 15.2. The van der Waals surface area contributed by atoms with Gasteiger partial charge in [-0.2, -0.15) is 0 Å². The molecular formula is C18H10Cl2F3N5O2S3. The van der Waals surface area contributed by atoms with Crippen molar-refractivity contribution in [1.82, 2.24) is 15.0 Å². The molecule has 0 saturated heterocycles. The number of hydrogen-bond acceptors (Lipinski definition) is 8. The highest BCUT2D eigenvalue weighted by molar-refractivity contribution is 8.00. The van der Waals surface area contributed by atoms with Gasteiger partial charge in [0.25, 0.3) is 10.0 Å². The highest BCUT2D eigenvalue weighted by atomic mass is 35.5. The first-order valence-electron chi connectivity index (χ1n) is 8.69. The van der Waals surface area contributed by atoms with Crippen LogP contribution in [0.15, 0.2) is 39.8 Å². The van der Waals surface area contributed by atoms with Gasteiger partial charge >= 0.3 is 0 Å². The zero-order chi connectivity index (χ0) is 23.9. The summed E-state index contributed by atoms with van der Waals surface area (Å²) in [6, 6.07) is 4.16. The van der Waals surface area contributed by atoms with E-state index in [-0.39, 0.29) is 21.4 Å². The number of thioether (sulfide) groups is 1. The lowest BCUT2D eigenvalue weighted by atomic mass is 10.2. The molecule has 4 rings (SSSR count). The van der Waals surface area contributed by atoms with Gasteiger partial charge in [0, 0.05) is 6.07 Å². The molecule has 0 saturated carbocycles. The number of sulfonamides is 1. The van der Waals surface area contributed by atoms with Crippen LogP contribution >= 0.6 is 46.3 Å². The van der Waals surface area contributed by atoms with Crippen molar-refractivity contribution in [2.75, 3.05) is 16.3 Å². The molecule has 0 aliphatic carbocycles. The van der Waals surface area contributed by atoms with Crippen LogP contribution in [-0.2, 0) is 10.0 Å². The number of hydrogen-bond donors (Lipinski definition) is 2. The van der Waals surface area contributed by atoms with Crippen molar-refractivity contribution in [3.63, 3.8) is 0 Å². The van der Waals surface area contributed by atoms with E-state index in [2.05, 4.69) is 20.3 Å². The monoisotopic (exact) mass is 551 g/mol. The van der Waals surface area contributed by atoms with Crippen LogP contribution in [-0.4, -0.2) is 29.6 Å². The molecule has 33 heavy (non-hydrogen) atoms. The maximum atomic E-state index is 15.2. The van der Waals surface area contributed by atoms with Crippen LogP contribution in [0.3, 0.4) is 0 Å². The molecule has 2 heterocycles. The van der Waals surface area contributed by atoms with Gasteiger partial charge in [-0.1, -0.05) is 52.4 Å². The van der Waals surface area contributed by atoms with E-state index in [1.807, 2.05) is 4.72 Å². The Morgan fingerprint density at radius 3 is 2.61 bits per heavy atom. The molecule has 4 aromatic rings. The van der Waals surface area contributed by atoms with Gasteiger partial charge in [-0.3, -0.25) is 4.72 Å². The van der Waals surface area contributed by atoms with E-state index in [0.717, 1.165) is 12.4 Å². The van der Waals surface area contributed by atoms with Crippen molar-refractivity contribution in [3.8, 4) is 0 Å². The van der Waals surface area contributed by atoms with Crippen molar-refractivity contribution in [2.24, 2.45) is 0 Å². The Hall–Kier alpha value is -2.32. The summed E-state index contributed by atoms with van der Waals surface area (Å²) in [6.45, 7) is 0. The highest BCUT2D eigenvalue weighted by Gasteiger charge is 2.26. The van der Waals surface area contributed by atoms with E-state index in [0.29, 0.717) is 15.2 Å². The van der Waals surface area contributed by atoms with E-state index in [9.17, 15) is 17.2 Å². The van der Waals surface area contributed by atoms with E-state index < -0.39 is 43.7 Å². The summed E-state index contributed by atoms with van der Waals surface area (Å²) < 4.78 is 71.9. The van der Waals surface area contributed by atoms with Gasteiger partial charge in [-0.05, 0) is 18.4 Å². The number of rotatable bonds is 6. The summed E-state index contributed by atoms with van der Waals surface area (Å²) in [7, 11) is -4.51. The number of fused-ring (bicyclic) bond motifs is 1. The average molecular weight is 552 g/mol. The van der Waals surface area contributed by atoms with Crippen molar-refractivity contribution < 1.29 is 21.6 Å². The maximum Gasteiger partial charge on any atom is 0.263 e. The Kier molecular flexibility index (Phi) is 6.60. The molecule has 2 N–H and O–H groups in total. The summed E-state index contributed by atoms with van der Waals surface area (Å²) in [5, 5.41) is 1.98. The topological polar surface area (TPSA) is 96.9 Å². The number of anilines is 3. The number of nitrogens with zero attached hydrogens (tertiary/aromatic N) is 3. The Morgan fingerprint density at radius 1 is 1.12 bits per heavy atom. The van der Waals surface area contributed by atoms with Gasteiger partial charge in [-0.15, -0.1) is 0 Å². The minimum atomic E-state index is -4.51. The summed E-state index contributed by atoms with van der Waals surface area (Å²) in [5.41, 5.74) is -1.62. The van der Waals surface area contributed by atoms with Gasteiger partial charge in [0.15, 0.2) is 27.6 Å². The number of thiazole rings is 1. The predicted octanol–water partition coefficient (Wildman–Crippen LogP) is 6.08. The summed E-state index contributed by atoms with van der Waals surface area (Å²) in [5.74, 6) is -4.60. The fraction of sp³-hybridized carbons (Fsp3) is 0.0556. The molecule has 2 aromatic carbocycles. The summed E-state index contributed by atoms with van der Waals surface area (Å²) in [4.78, 5) is 12.2.